The van der Waals surface area contributed by atoms with E-state index in [4.69, 9.17) is 0 Å². The lowest BCUT2D eigenvalue weighted by molar-refractivity contribution is -0.130. The molecule has 0 aliphatic carbocycles. The number of amides is 4. The Kier molecular flexibility index (Phi) is 14.0. The van der Waals surface area contributed by atoms with Gasteiger partial charge in [0.2, 0.25) is 11.6 Å². The number of benzene rings is 2. The zero-order valence-electron chi connectivity index (χ0n) is 39.1. The summed E-state index contributed by atoms with van der Waals surface area (Å²) in [6, 6.07) is 14.4. The fourth-order valence-corrected chi connectivity index (χ4v) is 8.82. The van der Waals surface area contributed by atoms with Gasteiger partial charge in [-0.3, -0.25) is 38.8 Å². The van der Waals surface area contributed by atoms with Crippen LogP contribution in [0.4, 0.5) is 38.0 Å². The number of carbonyl (C=O) groups excluding carboxylic acids is 4. The molecule has 4 aromatic heterocycles. The van der Waals surface area contributed by atoms with E-state index in [2.05, 4.69) is 41.0 Å². The van der Waals surface area contributed by atoms with Crippen LogP contribution in [0.15, 0.2) is 73.3 Å². The Balaban J connectivity index is 0.000000178. The van der Waals surface area contributed by atoms with Crippen molar-refractivity contribution in [3.8, 4) is 0 Å². The Hall–Kier alpha value is -7.48. The molecule has 6 aromatic rings. The molecule has 0 spiro atoms. The summed E-state index contributed by atoms with van der Waals surface area (Å²) in [7, 11) is 3.20. The molecule has 380 valence electrons. The standard InChI is InChI=1S/2C23H25F3N8O2/c2*1-31-19-10-16(6-8-32-12-23(25,26)13-32)29-34(19)9-7-18(22(31)36)28-21(35)20-27-14-33(30-20)11-15-4-2-3-5-17(15)24/h2*2-5,10,14,18H,6-9,11-13H2,1H3,(H,28,35)/t2*18-/m10/s1. The maximum Gasteiger partial charge on any atom is 0.291 e. The third kappa shape index (κ3) is 11.3. The van der Waals surface area contributed by atoms with Gasteiger partial charge >= 0.3 is 0 Å². The van der Waals surface area contributed by atoms with Crippen molar-refractivity contribution in [2.24, 2.45) is 0 Å². The largest absolute Gasteiger partial charge is 0.337 e. The Bertz CT molecular complexity index is 2760. The first-order valence-corrected chi connectivity index (χ1v) is 23.1. The van der Waals surface area contributed by atoms with E-state index in [1.807, 2.05) is 0 Å². The zero-order chi connectivity index (χ0) is 50.9. The molecule has 2 aromatic carbocycles. The summed E-state index contributed by atoms with van der Waals surface area (Å²) >= 11 is 0. The highest BCUT2D eigenvalue weighted by Gasteiger charge is 2.44. The lowest BCUT2D eigenvalue weighted by Gasteiger charge is -2.38. The monoisotopic (exact) mass is 1000 g/mol. The van der Waals surface area contributed by atoms with Crippen LogP contribution in [0.3, 0.4) is 0 Å². The molecule has 0 saturated carbocycles. The summed E-state index contributed by atoms with van der Waals surface area (Å²) < 4.78 is 85.9. The van der Waals surface area contributed by atoms with Crippen LogP contribution < -0.4 is 20.4 Å². The van der Waals surface area contributed by atoms with Crippen molar-refractivity contribution < 1.29 is 45.5 Å². The molecular weight excluding hydrogens is 955 g/mol. The van der Waals surface area contributed by atoms with Crippen molar-refractivity contribution in [1.29, 1.82) is 0 Å². The van der Waals surface area contributed by atoms with Crippen molar-refractivity contribution in [1.82, 2.24) is 69.5 Å². The van der Waals surface area contributed by atoms with Crippen LogP contribution in [-0.4, -0.2) is 160 Å². The van der Waals surface area contributed by atoms with Gasteiger partial charge in [-0.15, -0.1) is 10.2 Å². The number of carbonyl (C=O) groups is 4. The van der Waals surface area contributed by atoms with Gasteiger partial charge in [0.05, 0.1) is 50.7 Å². The van der Waals surface area contributed by atoms with Gasteiger partial charge < -0.3 is 10.6 Å². The number of hydrogen-bond acceptors (Lipinski definition) is 12. The van der Waals surface area contributed by atoms with E-state index in [9.17, 15) is 45.5 Å². The number of hydrogen-bond donors (Lipinski definition) is 2. The van der Waals surface area contributed by atoms with Crippen LogP contribution >= 0.6 is 0 Å². The van der Waals surface area contributed by atoms with E-state index in [1.54, 1.807) is 81.8 Å². The number of halogens is 6. The SMILES string of the molecule is CN1C(=O)[C@@H](NC(=O)c2ncn(Cc3ccccc3F)n2)CCn2nc(CCN3CC(F)(F)C3)cc21.CN1C(=O)[C@H](NC(=O)c2ncn(Cc3ccccc3F)n2)CCn2nc(CCN3CC(F)(F)C3)cc21. The quantitative estimate of drug-likeness (QED) is 0.152. The number of likely N-dealkylation sites (N-methyl/N-ethyl adjacent to an activating group) is 2. The van der Waals surface area contributed by atoms with Gasteiger partial charge in [-0.2, -0.15) is 10.2 Å². The predicted molar refractivity (Wildman–Crippen MR) is 244 cm³/mol. The van der Waals surface area contributed by atoms with Crippen molar-refractivity contribution in [2.75, 3.05) is 63.2 Å². The fourth-order valence-electron chi connectivity index (χ4n) is 8.82. The van der Waals surface area contributed by atoms with Crippen LogP contribution in [0, 0.1) is 11.6 Å². The fraction of sp³-hybridized carbons (Fsp3) is 0.435. The second kappa shape index (κ2) is 20.3. The minimum absolute atomic E-state index is 0.113. The molecule has 20 nitrogen and oxygen atoms in total. The van der Waals surface area contributed by atoms with E-state index in [-0.39, 0.29) is 74.4 Å². The van der Waals surface area contributed by atoms with Crippen molar-refractivity contribution in [3.63, 3.8) is 0 Å². The number of anilines is 2. The molecule has 2 N–H and O–H groups in total. The first-order valence-electron chi connectivity index (χ1n) is 23.1. The van der Waals surface area contributed by atoms with E-state index in [0.29, 0.717) is 86.0 Å². The molecule has 72 heavy (non-hydrogen) atoms. The molecule has 2 fully saturated rings. The molecule has 10 rings (SSSR count). The van der Waals surface area contributed by atoms with E-state index < -0.39 is 35.7 Å². The highest BCUT2D eigenvalue weighted by atomic mass is 19.3. The molecule has 4 aliphatic rings. The summed E-state index contributed by atoms with van der Waals surface area (Å²) in [6.07, 6.45) is 4.27. The molecule has 0 radical (unpaired) electrons. The average Bonchev–Trinajstić information content (AvgIpc) is 4.15. The van der Waals surface area contributed by atoms with Crippen LogP contribution in [-0.2, 0) is 48.6 Å². The number of nitrogens with one attached hydrogen (secondary N) is 2. The smallest absolute Gasteiger partial charge is 0.291 e. The van der Waals surface area contributed by atoms with Crippen LogP contribution in [0.1, 0.15) is 56.6 Å². The van der Waals surface area contributed by atoms with E-state index >= 15 is 0 Å². The maximum absolute atomic E-state index is 13.9. The number of fused-ring (bicyclic) bond motifs is 2. The molecule has 2 atom stereocenters. The van der Waals surface area contributed by atoms with Gasteiger partial charge in [0.15, 0.2) is 0 Å². The number of nitrogens with zero attached hydrogens (tertiary/aromatic N) is 14. The lowest BCUT2D eigenvalue weighted by atomic mass is 10.1. The molecule has 0 bridgehead atoms. The number of likely N-dealkylation sites (tertiary alicyclic amines) is 2. The van der Waals surface area contributed by atoms with Gasteiger partial charge in [-0.25, -0.2) is 55.0 Å². The summed E-state index contributed by atoms with van der Waals surface area (Å²) in [5.41, 5.74) is 2.25. The van der Waals surface area contributed by atoms with Gasteiger partial charge in [0.1, 0.15) is 48.0 Å². The molecule has 26 heteroatoms. The highest BCUT2D eigenvalue weighted by Crippen LogP contribution is 2.29. The van der Waals surface area contributed by atoms with Gasteiger partial charge in [0, 0.05) is 76.4 Å². The Morgan fingerprint density at radius 3 is 1.38 bits per heavy atom. The predicted octanol–water partition coefficient (Wildman–Crippen LogP) is 2.64. The average molecular weight is 1010 g/mol. The van der Waals surface area contributed by atoms with E-state index in [0.717, 1.165) is 0 Å². The number of aromatic nitrogens is 10. The minimum atomic E-state index is -2.61. The summed E-state index contributed by atoms with van der Waals surface area (Å²) in [5.74, 6) is -6.92. The van der Waals surface area contributed by atoms with Gasteiger partial charge in [-0.1, -0.05) is 36.4 Å². The highest BCUT2D eigenvalue weighted by molar-refractivity contribution is 6.01. The molecular formula is C46H50F6N16O4. The topological polar surface area (TPSA) is 202 Å². The molecule has 8 heterocycles. The third-order valence-corrected chi connectivity index (χ3v) is 12.7. The lowest BCUT2D eigenvalue weighted by Crippen LogP contribution is -2.56. The number of aryl methyl sites for hydroxylation is 2. The van der Waals surface area contributed by atoms with Crippen molar-refractivity contribution >= 4 is 35.3 Å². The van der Waals surface area contributed by atoms with Crippen molar-refractivity contribution in [3.05, 3.63) is 119 Å². The second-order valence-corrected chi connectivity index (χ2v) is 18.2. The molecule has 2 saturated heterocycles. The normalized spacial score (nSPS) is 19.5. The number of alkyl halides is 4. The first-order chi connectivity index (χ1) is 34.4. The Morgan fingerprint density at radius 2 is 1.00 bits per heavy atom. The molecule has 0 unspecified atom stereocenters. The summed E-state index contributed by atoms with van der Waals surface area (Å²) in [5, 5.41) is 22.6. The first kappa shape index (κ1) is 49.5. The van der Waals surface area contributed by atoms with Gasteiger partial charge in [0.25, 0.3) is 35.5 Å². The van der Waals surface area contributed by atoms with Crippen molar-refractivity contribution in [2.45, 2.75) is 75.8 Å². The van der Waals surface area contributed by atoms with Gasteiger partial charge in [-0.05, 0) is 25.0 Å². The molecule has 4 amide bonds. The number of rotatable bonds is 14. The van der Waals surface area contributed by atoms with Crippen LogP contribution in [0.2, 0.25) is 0 Å². The Labute approximate surface area is 407 Å². The maximum atomic E-state index is 13.9. The third-order valence-electron chi connectivity index (χ3n) is 12.7. The minimum Gasteiger partial charge on any atom is -0.337 e. The summed E-state index contributed by atoms with van der Waals surface area (Å²) in [6.45, 7) is 0.974. The molecule has 4 aliphatic heterocycles. The summed E-state index contributed by atoms with van der Waals surface area (Å²) in [4.78, 5) is 65.7. The van der Waals surface area contributed by atoms with Crippen LogP contribution in [0.25, 0.3) is 0 Å². The van der Waals surface area contributed by atoms with E-state index in [1.165, 1.54) is 44.0 Å². The van der Waals surface area contributed by atoms with Crippen LogP contribution in [0.5, 0.6) is 0 Å². The second-order valence-electron chi connectivity index (χ2n) is 18.2. The zero-order valence-corrected chi connectivity index (χ0v) is 39.1. The Morgan fingerprint density at radius 1 is 0.611 bits per heavy atom.